The molecule has 6 unspecified atom stereocenters. The number of hydrogen-bond donors (Lipinski definition) is 7. The molecular formula is C21H27N7NaO17P3. The molecule has 0 aromatic carbocycles. The number of carbonyl (C=O) groups excluding carboxylic acids is 1. The predicted octanol–water partition coefficient (Wildman–Crippen LogP) is -7.16. The number of phosphoric ester groups is 3. The molecule has 5 heterocycles. The summed E-state index contributed by atoms with van der Waals surface area (Å²) in [6.07, 6.45) is -8.80. The molecule has 10 atom stereocenters. The van der Waals surface area contributed by atoms with E-state index in [1.165, 1.54) is 29.1 Å². The summed E-state index contributed by atoms with van der Waals surface area (Å²) in [6, 6.07) is 2.76. The van der Waals surface area contributed by atoms with Crippen LogP contribution in [0.3, 0.4) is 0 Å². The van der Waals surface area contributed by atoms with E-state index in [-0.39, 0.29) is 52.1 Å². The zero-order valence-corrected chi connectivity index (χ0v) is 29.5. The number of rotatable bonds is 13. The number of nitrogens with zero attached hydrogens (tertiary/aromatic N) is 5. The van der Waals surface area contributed by atoms with Crippen LogP contribution >= 0.6 is 23.5 Å². The third-order valence-corrected chi connectivity index (χ3v) is 10.0. The van der Waals surface area contributed by atoms with Crippen molar-refractivity contribution in [1.29, 1.82) is 0 Å². The van der Waals surface area contributed by atoms with Crippen LogP contribution in [0.15, 0.2) is 37.2 Å². The minimum absolute atomic E-state index is 0. The van der Waals surface area contributed by atoms with Gasteiger partial charge in [0.1, 0.15) is 47.9 Å². The summed E-state index contributed by atoms with van der Waals surface area (Å²) in [5.74, 6) is -0.876. The Morgan fingerprint density at radius 3 is 2.24 bits per heavy atom. The minimum atomic E-state index is -5.84. The smallest absolute Gasteiger partial charge is 0.756 e. The minimum Gasteiger partial charge on any atom is -0.756 e. The summed E-state index contributed by atoms with van der Waals surface area (Å²) in [5.41, 5.74) is 11.0. The standard InChI is InChI=1S/C21H28N7O17P3.Na/c22-17-12-19(25-7-24-17)28(8-26-12)21-16(44-46(33,34)35)14(30)11(43-21)6-41-48(38,39)45-47(36,37)40-5-10-13(29)15(31)20(42-10)27-3-1-2-9(4-27)18(23)32;/h1-4,7-8,10-11,13-16,20-21,29-31H,5-6H2,(H7-,22,23,24,25,32,33,34,35,36,37,38,39);/q;+1/p-1/t10-,11-,13-,14?,15-,16?,20?,21?;/m1./s1. The monoisotopic (exact) mass is 765 g/mol. The molecular weight excluding hydrogens is 738 g/mol. The number of fused-ring (bicyclic) bond motifs is 1. The Labute approximate surface area is 296 Å². The number of anilines is 1. The Balaban J connectivity index is 0.00000541. The summed E-state index contributed by atoms with van der Waals surface area (Å²) in [5, 5.41) is 31.4. The fourth-order valence-electron chi connectivity index (χ4n) is 4.82. The number of aliphatic hydroxyl groups excluding tert-OH is 3. The normalized spacial score (nSPS) is 29.7. The Bertz CT molecular complexity index is 1820. The molecule has 3 aromatic heterocycles. The SMILES string of the molecule is NC(=O)c1ccc[n+](C2O[C@H](COP(=O)([O-])OP(=O)([O-])OC[C@H]3OC(n4cnc5c(N)ncnc54)C(OP(=O)(O)O)C3O)[C@@H](O)[C@H]2O)c1.[Na+]. The van der Waals surface area contributed by atoms with Gasteiger partial charge in [0.2, 0.25) is 0 Å². The first-order valence-electron chi connectivity index (χ1n) is 13.3. The van der Waals surface area contributed by atoms with Gasteiger partial charge in [-0.3, -0.25) is 23.0 Å². The number of primary amides is 1. The Morgan fingerprint density at radius 2 is 1.63 bits per heavy atom. The predicted molar refractivity (Wildman–Crippen MR) is 146 cm³/mol. The second kappa shape index (κ2) is 15.4. The third-order valence-electron chi connectivity index (χ3n) is 6.96. The van der Waals surface area contributed by atoms with Gasteiger partial charge in [-0.2, -0.15) is 4.57 Å². The molecule has 9 N–H and O–H groups in total. The topological polar surface area (TPSA) is 370 Å². The summed E-state index contributed by atoms with van der Waals surface area (Å²) in [4.78, 5) is 66.6. The van der Waals surface area contributed by atoms with Gasteiger partial charge in [-0.25, -0.2) is 23.8 Å². The van der Waals surface area contributed by atoms with Crippen LogP contribution in [0.4, 0.5) is 5.82 Å². The molecule has 0 saturated carbocycles. The van der Waals surface area contributed by atoms with Gasteiger partial charge < -0.3 is 64.9 Å². The summed E-state index contributed by atoms with van der Waals surface area (Å²) in [6.45, 7) is -2.21. The van der Waals surface area contributed by atoms with Gasteiger partial charge in [0, 0.05) is 6.07 Å². The number of hydrogen-bond acceptors (Lipinski definition) is 19. The van der Waals surface area contributed by atoms with Crippen molar-refractivity contribution in [1.82, 2.24) is 19.5 Å². The molecule has 0 spiro atoms. The molecule has 2 saturated heterocycles. The van der Waals surface area contributed by atoms with Crippen LogP contribution < -0.4 is 55.4 Å². The quantitative estimate of drug-likeness (QED) is 0.0483. The third kappa shape index (κ3) is 9.33. The maximum absolute atomic E-state index is 12.4. The molecule has 0 radical (unpaired) electrons. The fraction of sp³-hybridized carbons (Fsp3) is 0.476. The van der Waals surface area contributed by atoms with E-state index in [0.717, 1.165) is 17.2 Å². The van der Waals surface area contributed by atoms with Gasteiger partial charge in [0.25, 0.3) is 27.8 Å². The van der Waals surface area contributed by atoms with E-state index in [1.807, 2.05) is 0 Å². The summed E-state index contributed by atoms with van der Waals surface area (Å²) < 4.78 is 67.4. The second-order valence-electron chi connectivity index (χ2n) is 10.2. The number of aliphatic hydroxyl groups is 3. The average molecular weight is 765 g/mol. The van der Waals surface area contributed by atoms with Crippen molar-refractivity contribution in [2.75, 3.05) is 18.9 Å². The maximum atomic E-state index is 12.4. The second-order valence-corrected chi connectivity index (χ2v) is 14.4. The Hall–Kier alpha value is -1.86. The number of amides is 1. The molecule has 2 fully saturated rings. The van der Waals surface area contributed by atoms with Gasteiger partial charge in [0.05, 0.1) is 19.5 Å². The Kier molecular flexibility index (Phi) is 12.5. The molecule has 2 aliphatic rings. The van der Waals surface area contributed by atoms with E-state index < -0.39 is 91.7 Å². The first kappa shape index (κ1) is 39.9. The van der Waals surface area contributed by atoms with E-state index in [9.17, 15) is 53.4 Å². The average Bonchev–Trinajstić information content (AvgIpc) is 3.64. The largest absolute Gasteiger partial charge is 1.00 e. The molecule has 49 heavy (non-hydrogen) atoms. The summed E-state index contributed by atoms with van der Waals surface area (Å²) in [7, 11) is -16.9. The maximum Gasteiger partial charge on any atom is 1.00 e. The van der Waals surface area contributed by atoms with Crippen LogP contribution in [-0.4, -0.2) is 100 Å². The van der Waals surface area contributed by atoms with Crippen molar-refractivity contribution in [3.63, 3.8) is 0 Å². The van der Waals surface area contributed by atoms with Crippen molar-refractivity contribution in [3.8, 4) is 0 Å². The van der Waals surface area contributed by atoms with Gasteiger partial charge in [-0.05, 0) is 6.07 Å². The number of imidazole rings is 1. The van der Waals surface area contributed by atoms with Crippen molar-refractivity contribution in [3.05, 3.63) is 42.7 Å². The zero-order valence-electron chi connectivity index (χ0n) is 24.9. The summed E-state index contributed by atoms with van der Waals surface area (Å²) >= 11 is 0. The van der Waals surface area contributed by atoms with Crippen LogP contribution in [-0.2, 0) is 41.1 Å². The van der Waals surface area contributed by atoms with Gasteiger partial charge in [-0.1, -0.05) is 0 Å². The number of nitrogens with two attached hydrogens (primary N) is 2. The molecule has 28 heteroatoms. The van der Waals surface area contributed by atoms with E-state index in [4.69, 9.17) is 20.9 Å². The van der Waals surface area contributed by atoms with E-state index >= 15 is 0 Å². The molecule has 264 valence electrons. The van der Waals surface area contributed by atoms with Crippen molar-refractivity contribution < 1.29 is 115 Å². The van der Waals surface area contributed by atoms with Crippen LogP contribution in [0.5, 0.6) is 0 Å². The molecule has 0 aliphatic carbocycles. The fourth-order valence-corrected chi connectivity index (χ4v) is 7.38. The van der Waals surface area contributed by atoms with Gasteiger partial charge in [-0.15, -0.1) is 0 Å². The molecule has 24 nitrogen and oxygen atoms in total. The number of aromatic nitrogens is 5. The van der Waals surface area contributed by atoms with E-state index in [1.54, 1.807) is 0 Å². The van der Waals surface area contributed by atoms with E-state index in [2.05, 4.69) is 32.8 Å². The number of carbonyl (C=O) groups is 1. The van der Waals surface area contributed by atoms with Crippen molar-refractivity contribution in [2.24, 2.45) is 5.73 Å². The number of pyridine rings is 1. The Morgan fingerprint density at radius 1 is 1.00 bits per heavy atom. The van der Waals surface area contributed by atoms with Gasteiger partial charge in [0.15, 0.2) is 36.2 Å². The van der Waals surface area contributed by atoms with E-state index in [0.29, 0.717) is 0 Å². The first-order chi connectivity index (χ1) is 22.4. The van der Waals surface area contributed by atoms with Crippen LogP contribution in [0, 0.1) is 0 Å². The van der Waals surface area contributed by atoms with Crippen molar-refractivity contribution in [2.45, 2.75) is 49.1 Å². The molecule has 0 bridgehead atoms. The molecule has 5 rings (SSSR count). The number of nitrogen functional groups attached to an aromatic ring is 1. The van der Waals surface area contributed by atoms with Crippen LogP contribution in [0.2, 0.25) is 0 Å². The molecule has 2 aliphatic heterocycles. The zero-order chi connectivity index (χ0) is 35.2. The first-order valence-corrected chi connectivity index (χ1v) is 17.8. The van der Waals surface area contributed by atoms with Crippen molar-refractivity contribution >= 4 is 46.4 Å². The van der Waals surface area contributed by atoms with Gasteiger partial charge >= 0.3 is 37.4 Å². The van der Waals surface area contributed by atoms with Crippen LogP contribution in [0.1, 0.15) is 22.8 Å². The number of ether oxygens (including phenoxy) is 2. The van der Waals surface area contributed by atoms with Crippen LogP contribution in [0.25, 0.3) is 11.2 Å². The molecule has 3 aromatic rings. The molecule has 1 amide bonds. The number of phosphoric acid groups is 3.